The van der Waals surface area contributed by atoms with Crippen molar-refractivity contribution in [1.29, 1.82) is 0 Å². The van der Waals surface area contributed by atoms with Gasteiger partial charge in [-0.25, -0.2) is 0 Å². The van der Waals surface area contributed by atoms with Crippen molar-refractivity contribution in [2.45, 2.75) is 32.9 Å². The summed E-state index contributed by atoms with van der Waals surface area (Å²) in [4.78, 5) is 2.21. The maximum absolute atomic E-state index is 4.48. The highest BCUT2D eigenvalue weighted by Crippen LogP contribution is 2.21. The van der Waals surface area contributed by atoms with Gasteiger partial charge in [-0.05, 0) is 43.4 Å². The Kier molecular flexibility index (Phi) is 5.62. The van der Waals surface area contributed by atoms with E-state index < -0.39 is 0 Å². The average molecular weight is 303 g/mol. The van der Waals surface area contributed by atoms with Gasteiger partial charge in [0.2, 0.25) is 0 Å². The van der Waals surface area contributed by atoms with Gasteiger partial charge in [0.1, 0.15) is 0 Å². The van der Waals surface area contributed by atoms with E-state index in [0.717, 1.165) is 29.7 Å². The first-order chi connectivity index (χ1) is 7.97. The van der Waals surface area contributed by atoms with Gasteiger partial charge in [0.15, 0.2) is 0 Å². The molecule has 0 aliphatic carbocycles. The van der Waals surface area contributed by atoms with Gasteiger partial charge in [0.05, 0.1) is 15.9 Å². The molecule has 0 saturated heterocycles. The van der Waals surface area contributed by atoms with Crippen molar-refractivity contribution in [3.8, 4) is 0 Å². The fourth-order valence-electron chi connectivity index (χ4n) is 1.59. The molecule has 0 aliphatic heterocycles. The van der Waals surface area contributed by atoms with Gasteiger partial charge in [-0.3, -0.25) is 4.68 Å². The van der Waals surface area contributed by atoms with E-state index in [9.17, 15) is 0 Å². The highest BCUT2D eigenvalue weighted by atomic mass is 79.9. The van der Waals surface area contributed by atoms with Crippen molar-refractivity contribution in [2.24, 2.45) is 7.05 Å². The predicted molar refractivity (Wildman–Crippen MR) is 75.1 cm³/mol. The smallest absolute Gasteiger partial charge is 0.0767 e. The van der Waals surface area contributed by atoms with Crippen LogP contribution < -0.4 is 5.32 Å². The lowest BCUT2D eigenvalue weighted by Gasteiger charge is -2.20. The standard InChI is InChI=1S/C12H23BrN4/c1-6-10-12(13)11(17(5)15-10)8-14-7-9(2)16(3)4/h9,14H,6-8H2,1-5H3. The molecule has 5 heteroatoms. The van der Waals surface area contributed by atoms with Crippen LogP contribution in [0.15, 0.2) is 4.47 Å². The number of aryl methyl sites for hydroxylation is 2. The number of hydrogen-bond acceptors (Lipinski definition) is 3. The van der Waals surface area contributed by atoms with E-state index in [-0.39, 0.29) is 0 Å². The van der Waals surface area contributed by atoms with E-state index in [1.54, 1.807) is 0 Å². The Morgan fingerprint density at radius 3 is 2.59 bits per heavy atom. The van der Waals surface area contributed by atoms with Crippen LogP contribution in [-0.2, 0) is 20.0 Å². The van der Waals surface area contributed by atoms with Crippen molar-refractivity contribution < 1.29 is 0 Å². The summed E-state index contributed by atoms with van der Waals surface area (Å²) in [5, 5.41) is 7.95. The first kappa shape index (κ1) is 14.7. The van der Waals surface area contributed by atoms with E-state index in [0.29, 0.717) is 6.04 Å². The van der Waals surface area contributed by atoms with Gasteiger partial charge >= 0.3 is 0 Å². The van der Waals surface area contributed by atoms with E-state index in [2.05, 4.69) is 59.2 Å². The summed E-state index contributed by atoms with van der Waals surface area (Å²) in [7, 11) is 6.19. The van der Waals surface area contributed by atoms with Crippen LogP contribution in [0, 0.1) is 0 Å². The number of nitrogens with one attached hydrogen (secondary N) is 1. The van der Waals surface area contributed by atoms with Crippen molar-refractivity contribution >= 4 is 15.9 Å². The molecule has 1 unspecified atom stereocenters. The van der Waals surface area contributed by atoms with Crippen molar-refractivity contribution in [1.82, 2.24) is 20.0 Å². The molecular weight excluding hydrogens is 280 g/mol. The molecule has 0 aliphatic rings. The predicted octanol–water partition coefficient (Wildman–Crippen LogP) is 1.78. The van der Waals surface area contributed by atoms with E-state index in [1.165, 1.54) is 5.69 Å². The van der Waals surface area contributed by atoms with Crippen LogP contribution in [0.25, 0.3) is 0 Å². The number of halogens is 1. The Bertz CT molecular complexity index is 360. The zero-order valence-corrected chi connectivity index (χ0v) is 13.0. The third kappa shape index (κ3) is 3.79. The second-order valence-corrected chi connectivity index (χ2v) is 5.42. The first-order valence-electron chi connectivity index (χ1n) is 6.04. The summed E-state index contributed by atoms with van der Waals surface area (Å²) >= 11 is 3.62. The van der Waals surface area contributed by atoms with Gasteiger partial charge in [0, 0.05) is 26.2 Å². The van der Waals surface area contributed by atoms with Crippen LogP contribution in [0.2, 0.25) is 0 Å². The fourth-order valence-corrected chi connectivity index (χ4v) is 2.35. The van der Waals surface area contributed by atoms with Gasteiger partial charge < -0.3 is 10.2 Å². The summed E-state index contributed by atoms with van der Waals surface area (Å²) in [5.41, 5.74) is 2.35. The number of hydrogen-bond donors (Lipinski definition) is 1. The van der Waals surface area contributed by atoms with Gasteiger partial charge in [-0.1, -0.05) is 6.92 Å². The normalized spacial score (nSPS) is 13.4. The molecule has 0 fully saturated rings. The molecule has 1 rings (SSSR count). The summed E-state index contributed by atoms with van der Waals surface area (Å²) < 4.78 is 3.10. The van der Waals surface area contributed by atoms with Crippen molar-refractivity contribution in [3.63, 3.8) is 0 Å². The molecule has 1 aromatic heterocycles. The first-order valence-corrected chi connectivity index (χ1v) is 6.84. The topological polar surface area (TPSA) is 33.1 Å². The van der Waals surface area contributed by atoms with E-state index >= 15 is 0 Å². The Hall–Kier alpha value is -0.390. The lowest BCUT2D eigenvalue weighted by atomic mass is 10.3. The lowest BCUT2D eigenvalue weighted by molar-refractivity contribution is 0.302. The second kappa shape index (κ2) is 6.52. The molecule has 0 saturated carbocycles. The molecule has 1 atom stereocenters. The van der Waals surface area contributed by atoms with E-state index in [4.69, 9.17) is 0 Å². The summed E-state index contributed by atoms with van der Waals surface area (Å²) in [6, 6.07) is 0.535. The maximum Gasteiger partial charge on any atom is 0.0767 e. The molecule has 0 spiro atoms. The molecular formula is C12H23BrN4. The third-order valence-electron chi connectivity index (χ3n) is 3.12. The quantitative estimate of drug-likeness (QED) is 0.870. The fraction of sp³-hybridized carbons (Fsp3) is 0.750. The molecule has 1 N–H and O–H groups in total. The monoisotopic (exact) mass is 302 g/mol. The number of nitrogens with zero attached hydrogens (tertiary/aromatic N) is 3. The third-order valence-corrected chi connectivity index (χ3v) is 4.03. The summed E-state index contributed by atoms with van der Waals surface area (Å²) in [6.45, 7) is 6.16. The molecule has 1 heterocycles. The van der Waals surface area contributed by atoms with Gasteiger partial charge in [-0.2, -0.15) is 5.10 Å². The van der Waals surface area contributed by atoms with Crippen LogP contribution >= 0.6 is 15.9 Å². The Morgan fingerprint density at radius 1 is 1.47 bits per heavy atom. The molecule has 0 aromatic carbocycles. The largest absolute Gasteiger partial charge is 0.310 e. The number of aromatic nitrogens is 2. The molecule has 17 heavy (non-hydrogen) atoms. The van der Waals surface area contributed by atoms with Crippen LogP contribution in [0.3, 0.4) is 0 Å². The van der Waals surface area contributed by atoms with Crippen LogP contribution in [0.1, 0.15) is 25.2 Å². The summed E-state index contributed by atoms with van der Waals surface area (Å²) in [6.07, 6.45) is 0.961. The van der Waals surface area contributed by atoms with E-state index in [1.807, 2.05) is 11.7 Å². The highest BCUT2D eigenvalue weighted by molar-refractivity contribution is 9.10. The zero-order valence-electron chi connectivity index (χ0n) is 11.4. The second-order valence-electron chi connectivity index (χ2n) is 4.63. The minimum atomic E-state index is 0.535. The molecule has 98 valence electrons. The Balaban J connectivity index is 2.55. The number of rotatable bonds is 6. The Morgan fingerprint density at radius 2 is 2.12 bits per heavy atom. The Labute approximate surface area is 113 Å². The van der Waals surface area contributed by atoms with Crippen LogP contribution in [-0.4, -0.2) is 41.4 Å². The summed E-state index contributed by atoms with van der Waals surface area (Å²) in [5.74, 6) is 0. The average Bonchev–Trinajstić information content (AvgIpc) is 2.55. The van der Waals surface area contributed by atoms with Crippen molar-refractivity contribution in [3.05, 3.63) is 15.9 Å². The molecule has 0 amide bonds. The zero-order chi connectivity index (χ0) is 13.0. The number of likely N-dealkylation sites (N-methyl/N-ethyl adjacent to an activating group) is 1. The lowest BCUT2D eigenvalue weighted by Crippen LogP contribution is -2.35. The van der Waals surface area contributed by atoms with Crippen LogP contribution in [0.4, 0.5) is 0 Å². The molecule has 0 radical (unpaired) electrons. The maximum atomic E-state index is 4.48. The SMILES string of the molecule is CCc1nn(C)c(CNCC(C)N(C)C)c1Br. The minimum Gasteiger partial charge on any atom is -0.310 e. The molecule has 0 bridgehead atoms. The van der Waals surface area contributed by atoms with Crippen LogP contribution in [0.5, 0.6) is 0 Å². The minimum absolute atomic E-state index is 0.535. The highest BCUT2D eigenvalue weighted by Gasteiger charge is 2.12. The van der Waals surface area contributed by atoms with Gasteiger partial charge in [0.25, 0.3) is 0 Å². The molecule has 1 aromatic rings. The van der Waals surface area contributed by atoms with Crippen molar-refractivity contribution in [2.75, 3.05) is 20.6 Å². The van der Waals surface area contributed by atoms with Gasteiger partial charge in [-0.15, -0.1) is 0 Å². The molecule has 4 nitrogen and oxygen atoms in total.